The van der Waals surface area contributed by atoms with Crippen LogP contribution < -0.4 is 5.32 Å². The van der Waals surface area contributed by atoms with Crippen molar-refractivity contribution in [3.63, 3.8) is 0 Å². The van der Waals surface area contributed by atoms with Crippen LogP contribution in [0.25, 0.3) is 0 Å². The minimum Gasteiger partial charge on any atom is -0.462 e. The van der Waals surface area contributed by atoms with Gasteiger partial charge in [-0.25, -0.2) is 4.79 Å². The van der Waals surface area contributed by atoms with Gasteiger partial charge in [0.1, 0.15) is 0 Å². The number of allylic oxidation sites excluding steroid dienone is 3. The number of carbonyl (C=O) groups is 2. The average molecular weight is 536 g/mol. The van der Waals surface area contributed by atoms with E-state index in [1.165, 1.54) is 77.0 Å². The van der Waals surface area contributed by atoms with Gasteiger partial charge in [0.2, 0.25) is 0 Å². The van der Waals surface area contributed by atoms with Gasteiger partial charge in [-0.1, -0.05) is 135 Å². The Morgan fingerprint density at radius 1 is 0.846 bits per heavy atom. The van der Waals surface area contributed by atoms with Crippen molar-refractivity contribution in [3.8, 4) is 0 Å². The maximum atomic E-state index is 13.4. The number of benzene rings is 1. The maximum absolute atomic E-state index is 13.4. The molecule has 1 N–H and O–H groups in total. The Labute approximate surface area is 238 Å². The van der Waals surface area contributed by atoms with E-state index in [2.05, 4.69) is 26.1 Å². The van der Waals surface area contributed by atoms with E-state index in [9.17, 15) is 9.59 Å². The van der Waals surface area contributed by atoms with Gasteiger partial charge in [-0.3, -0.25) is 4.79 Å². The molecule has 0 saturated carbocycles. The van der Waals surface area contributed by atoms with Gasteiger partial charge in [0, 0.05) is 29.3 Å². The summed E-state index contributed by atoms with van der Waals surface area (Å²) in [5.41, 5.74) is 3.98. The molecule has 39 heavy (non-hydrogen) atoms. The number of Topliss-reactive ketones (excluding diaryl/α,β-unsaturated/α-hetero) is 1. The SMILES string of the molecule is CCCCCCCCCCCCCCCCOC(=O)C1=C(C)NC2=C(C(=O)CC(C)(C)C2)C1c1ccccc1. The number of ketones is 1. The molecule has 1 heterocycles. The summed E-state index contributed by atoms with van der Waals surface area (Å²) >= 11 is 0. The molecule has 0 aromatic heterocycles. The molecule has 1 atom stereocenters. The van der Waals surface area contributed by atoms with Crippen LogP contribution in [0.3, 0.4) is 0 Å². The Bertz CT molecular complexity index is 988. The Morgan fingerprint density at radius 3 is 1.95 bits per heavy atom. The Hall–Kier alpha value is -2.36. The molecule has 4 nitrogen and oxygen atoms in total. The topological polar surface area (TPSA) is 55.4 Å². The highest BCUT2D eigenvalue weighted by atomic mass is 16.5. The Morgan fingerprint density at radius 2 is 1.38 bits per heavy atom. The summed E-state index contributed by atoms with van der Waals surface area (Å²) in [6, 6.07) is 9.95. The first-order chi connectivity index (χ1) is 18.8. The minimum absolute atomic E-state index is 0.0870. The van der Waals surface area contributed by atoms with Crippen LogP contribution in [0.4, 0.5) is 0 Å². The van der Waals surface area contributed by atoms with Crippen molar-refractivity contribution in [2.24, 2.45) is 5.41 Å². The van der Waals surface area contributed by atoms with E-state index in [0.717, 1.165) is 41.8 Å². The van der Waals surface area contributed by atoms with Gasteiger partial charge in [0.25, 0.3) is 0 Å². The molecule has 0 fully saturated rings. The zero-order valence-electron chi connectivity index (χ0n) is 25.2. The van der Waals surface area contributed by atoms with Gasteiger partial charge >= 0.3 is 5.97 Å². The molecule has 0 spiro atoms. The fraction of sp³-hybridized carbons (Fsp3) is 0.657. The molecule has 4 heteroatoms. The van der Waals surface area contributed by atoms with E-state index in [-0.39, 0.29) is 23.1 Å². The zero-order valence-corrected chi connectivity index (χ0v) is 25.2. The molecule has 0 radical (unpaired) electrons. The molecule has 2 aliphatic rings. The summed E-state index contributed by atoms with van der Waals surface area (Å²) < 4.78 is 5.80. The number of ether oxygens (including phenoxy) is 1. The fourth-order valence-electron chi connectivity index (χ4n) is 6.22. The van der Waals surface area contributed by atoms with Crippen molar-refractivity contribution < 1.29 is 14.3 Å². The molecule has 1 aliphatic heterocycles. The summed E-state index contributed by atoms with van der Waals surface area (Å²) in [5.74, 6) is -0.532. The molecule has 1 aromatic carbocycles. The quantitative estimate of drug-likeness (QED) is 0.159. The second-order valence-electron chi connectivity index (χ2n) is 12.6. The van der Waals surface area contributed by atoms with E-state index >= 15 is 0 Å². The van der Waals surface area contributed by atoms with Crippen molar-refractivity contribution in [1.29, 1.82) is 0 Å². The van der Waals surface area contributed by atoms with E-state index in [0.29, 0.717) is 18.6 Å². The molecule has 1 unspecified atom stereocenters. The van der Waals surface area contributed by atoms with Crippen molar-refractivity contribution in [2.45, 2.75) is 136 Å². The fourth-order valence-corrected chi connectivity index (χ4v) is 6.22. The first kappa shape index (κ1) is 31.2. The second kappa shape index (κ2) is 16.0. The molecular weight excluding hydrogens is 482 g/mol. The zero-order chi connectivity index (χ0) is 28.1. The molecule has 0 bridgehead atoms. The third-order valence-corrected chi connectivity index (χ3v) is 8.32. The van der Waals surface area contributed by atoms with Gasteiger partial charge in [-0.05, 0) is 30.7 Å². The number of rotatable bonds is 17. The van der Waals surface area contributed by atoms with E-state index in [1.54, 1.807) is 0 Å². The van der Waals surface area contributed by atoms with Crippen LogP contribution in [0.5, 0.6) is 0 Å². The van der Waals surface area contributed by atoms with Crippen LogP contribution in [0, 0.1) is 5.41 Å². The number of esters is 1. The monoisotopic (exact) mass is 535 g/mol. The number of dihydropyridines is 1. The third-order valence-electron chi connectivity index (χ3n) is 8.32. The van der Waals surface area contributed by atoms with Gasteiger partial charge in [0.15, 0.2) is 5.78 Å². The van der Waals surface area contributed by atoms with Crippen molar-refractivity contribution in [3.05, 3.63) is 58.4 Å². The standard InChI is InChI=1S/C35H53NO3/c1-5-6-7-8-9-10-11-12-13-14-15-16-17-21-24-39-34(38)31-27(2)36-29-25-35(3,4)26-30(37)33(29)32(31)28-22-19-18-20-23-28/h18-20,22-23,32,36H,5-17,21,24-26H2,1-4H3. The van der Waals surface area contributed by atoms with Gasteiger partial charge in [0.05, 0.1) is 12.2 Å². The predicted molar refractivity (Wildman–Crippen MR) is 161 cm³/mol. The molecular formula is C35H53NO3. The van der Waals surface area contributed by atoms with Crippen molar-refractivity contribution >= 4 is 11.8 Å². The van der Waals surface area contributed by atoms with Crippen LogP contribution in [0.2, 0.25) is 0 Å². The Balaban J connectivity index is 1.42. The Kier molecular flexibility index (Phi) is 12.8. The lowest BCUT2D eigenvalue weighted by atomic mass is 9.68. The summed E-state index contributed by atoms with van der Waals surface area (Å²) in [5, 5.41) is 3.43. The lowest BCUT2D eigenvalue weighted by Gasteiger charge is -2.39. The number of nitrogens with one attached hydrogen (secondary N) is 1. The summed E-state index contributed by atoms with van der Waals surface area (Å²) in [4.78, 5) is 26.7. The molecule has 216 valence electrons. The number of unbranched alkanes of at least 4 members (excludes halogenated alkanes) is 13. The first-order valence-corrected chi connectivity index (χ1v) is 15.8. The summed E-state index contributed by atoms with van der Waals surface area (Å²) in [6.07, 6.45) is 19.5. The smallest absolute Gasteiger partial charge is 0.336 e. The van der Waals surface area contributed by atoms with Gasteiger partial charge in [-0.15, -0.1) is 0 Å². The third kappa shape index (κ3) is 9.65. The normalized spacial score (nSPS) is 18.7. The maximum Gasteiger partial charge on any atom is 0.336 e. The molecule has 0 saturated heterocycles. The average Bonchev–Trinajstić information content (AvgIpc) is 2.89. The van der Waals surface area contributed by atoms with Crippen molar-refractivity contribution in [1.82, 2.24) is 5.32 Å². The van der Waals surface area contributed by atoms with Crippen LogP contribution >= 0.6 is 0 Å². The highest BCUT2D eigenvalue weighted by Gasteiger charge is 2.43. The lowest BCUT2D eigenvalue weighted by Crippen LogP contribution is -2.38. The first-order valence-electron chi connectivity index (χ1n) is 15.8. The van der Waals surface area contributed by atoms with E-state index < -0.39 is 0 Å². The van der Waals surface area contributed by atoms with Crippen molar-refractivity contribution in [2.75, 3.05) is 6.61 Å². The predicted octanol–water partition coefficient (Wildman–Crippen LogP) is 9.32. The van der Waals surface area contributed by atoms with Gasteiger partial charge < -0.3 is 10.1 Å². The largest absolute Gasteiger partial charge is 0.462 e. The van der Waals surface area contributed by atoms with Crippen LogP contribution in [0.1, 0.15) is 142 Å². The lowest BCUT2D eigenvalue weighted by molar-refractivity contribution is -0.139. The molecule has 0 amide bonds. The van der Waals surface area contributed by atoms with Crippen LogP contribution in [-0.2, 0) is 14.3 Å². The minimum atomic E-state index is -0.366. The second-order valence-corrected chi connectivity index (χ2v) is 12.6. The molecule has 3 rings (SSSR count). The number of carbonyl (C=O) groups excluding carboxylic acids is 2. The number of hydrogen-bond acceptors (Lipinski definition) is 4. The highest BCUT2D eigenvalue weighted by Crippen LogP contribution is 2.46. The van der Waals surface area contributed by atoms with E-state index in [4.69, 9.17) is 4.74 Å². The van der Waals surface area contributed by atoms with Gasteiger partial charge in [-0.2, -0.15) is 0 Å². The molecule has 1 aromatic rings. The van der Waals surface area contributed by atoms with Crippen LogP contribution in [0.15, 0.2) is 52.9 Å². The van der Waals surface area contributed by atoms with Crippen LogP contribution in [-0.4, -0.2) is 18.4 Å². The summed E-state index contributed by atoms with van der Waals surface area (Å²) in [7, 11) is 0. The number of hydrogen-bond donors (Lipinski definition) is 1. The van der Waals surface area contributed by atoms with E-state index in [1.807, 2.05) is 37.3 Å². The summed E-state index contributed by atoms with van der Waals surface area (Å²) in [6.45, 7) is 8.91. The highest BCUT2D eigenvalue weighted by molar-refractivity contribution is 6.04. The molecule has 1 aliphatic carbocycles.